The minimum Gasteiger partial charge on any atom is -0.483 e. The number of rotatable bonds is 7. The molecule has 26 heavy (non-hydrogen) atoms. The van der Waals surface area contributed by atoms with E-state index in [1.807, 2.05) is 0 Å². The second-order valence-corrected chi connectivity index (χ2v) is 5.92. The van der Waals surface area contributed by atoms with Gasteiger partial charge in [-0.15, -0.1) is 0 Å². The SMILES string of the molecule is CC(=O)c1ccccc1OCC(=O)Nc1ccc(C(=O)OC(C)C)cc1. The summed E-state index contributed by atoms with van der Waals surface area (Å²) in [7, 11) is 0. The van der Waals surface area contributed by atoms with Gasteiger partial charge in [-0.1, -0.05) is 12.1 Å². The number of ether oxygens (including phenoxy) is 2. The normalized spacial score (nSPS) is 10.3. The molecule has 0 aromatic heterocycles. The van der Waals surface area contributed by atoms with Gasteiger partial charge in [0.15, 0.2) is 12.4 Å². The van der Waals surface area contributed by atoms with Crippen molar-refractivity contribution in [3.8, 4) is 5.75 Å². The predicted octanol–water partition coefficient (Wildman–Crippen LogP) is 3.47. The maximum Gasteiger partial charge on any atom is 0.338 e. The van der Waals surface area contributed by atoms with Crippen molar-refractivity contribution in [2.75, 3.05) is 11.9 Å². The van der Waals surface area contributed by atoms with Crippen molar-refractivity contribution in [2.24, 2.45) is 0 Å². The minimum atomic E-state index is -0.415. The molecule has 0 saturated carbocycles. The molecular formula is C20H21NO5. The van der Waals surface area contributed by atoms with Crippen LogP contribution in [0.1, 0.15) is 41.5 Å². The average molecular weight is 355 g/mol. The summed E-state index contributed by atoms with van der Waals surface area (Å²) in [6, 6.07) is 13.1. The molecule has 0 unspecified atom stereocenters. The van der Waals surface area contributed by atoms with Crippen LogP contribution in [0.25, 0.3) is 0 Å². The molecule has 0 aliphatic carbocycles. The highest BCUT2D eigenvalue weighted by Crippen LogP contribution is 2.18. The van der Waals surface area contributed by atoms with Gasteiger partial charge in [-0.2, -0.15) is 0 Å². The number of hydrogen-bond acceptors (Lipinski definition) is 5. The molecule has 0 heterocycles. The largest absolute Gasteiger partial charge is 0.483 e. The van der Waals surface area contributed by atoms with Crippen LogP contribution in [0, 0.1) is 0 Å². The number of hydrogen-bond donors (Lipinski definition) is 1. The van der Waals surface area contributed by atoms with E-state index in [2.05, 4.69) is 5.32 Å². The number of esters is 1. The molecule has 2 aromatic rings. The number of nitrogens with one attached hydrogen (secondary N) is 1. The number of carbonyl (C=O) groups excluding carboxylic acids is 3. The van der Waals surface area contributed by atoms with Crippen LogP contribution in [0.4, 0.5) is 5.69 Å². The van der Waals surface area contributed by atoms with E-state index in [0.717, 1.165) is 0 Å². The average Bonchev–Trinajstić information content (AvgIpc) is 2.60. The third kappa shape index (κ3) is 5.44. The number of amides is 1. The molecule has 2 aromatic carbocycles. The maximum atomic E-state index is 12.0. The third-order valence-electron chi connectivity index (χ3n) is 3.37. The quantitative estimate of drug-likeness (QED) is 0.607. The molecule has 0 radical (unpaired) electrons. The van der Waals surface area contributed by atoms with Gasteiger partial charge in [-0.25, -0.2) is 4.79 Å². The van der Waals surface area contributed by atoms with Crippen molar-refractivity contribution in [2.45, 2.75) is 26.9 Å². The second-order valence-electron chi connectivity index (χ2n) is 5.92. The lowest BCUT2D eigenvalue weighted by molar-refractivity contribution is -0.118. The van der Waals surface area contributed by atoms with Gasteiger partial charge in [0.2, 0.25) is 0 Å². The smallest absolute Gasteiger partial charge is 0.338 e. The molecule has 6 heteroatoms. The fraction of sp³-hybridized carbons (Fsp3) is 0.250. The summed E-state index contributed by atoms with van der Waals surface area (Å²) in [4.78, 5) is 35.3. The molecule has 0 bridgehead atoms. The number of carbonyl (C=O) groups is 3. The van der Waals surface area contributed by atoms with Gasteiger partial charge >= 0.3 is 5.97 Å². The Bertz CT molecular complexity index is 796. The Morgan fingerprint density at radius 3 is 2.27 bits per heavy atom. The molecule has 0 saturated heterocycles. The van der Waals surface area contributed by atoms with Gasteiger partial charge in [0.1, 0.15) is 5.75 Å². The van der Waals surface area contributed by atoms with E-state index in [1.165, 1.54) is 6.92 Å². The fourth-order valence-electron chi connectivity index (χ4n) is 2.20. The van der Waals surface area contributed by atoms with E-state index in [-0.39, 0.29) is 24.4 Å². The summed E-state index contributed by atoms with van der Waals surface area (Å²) in [5, 5.41) is 2.67. The maximum absolute atomic E-state index is 12.0. The van der Waals surface area contributed by atoms with Crippen molar-refractivity contribution in [3.05, 3.63) is 59.7 Å². The van der Waals surface area contributed by atoms with Crippen molar-refractivity contribution in [1.29, 1.82) is 0 Å². The van der Waals surface area contributed by atoms with Crippen molar-refractivity contribution in [1.82, 2.24) is 0 Å². The Hall–Kier alpha value is -3.15. The highest BCUT2D eigenvalue weighted by molar-refractivity contribution is 5.97. The summed E-state index contributed by atoms with van der Waals surface area (Å²) in [5.41, 5.74) is 1.36. The molecule has 1 N–H and O–H groups in total. The van der Waals surface area contributed by atoms with Crippen molar-refractivity contribution < 1.29 is 23.9 Å². The summed E-state index contributed by atoms with van der Waals surface area (Å²) in [5.74, 6) is -0.560. The van der Waals surface area contributed by atoms with Crippen LogP contribution in [0.15, 0.2) is 48.5 Å². The second kappa shape index (κ2) is 8.80. The summed E-state index contributed by atoms with van der Waals surface area (Å²) >= 11 is 0. The van der Waals surface area contributed by atoms with E-state index in [9.17, 15) is 14.4 Å². The van der Waals surface area contributed by atoms with Crippen molar-refractivity contribution in [3.63, 3.8) is 0 Å². The predicted molar refractivity (Wildman–Crippen MR) is 97.6 cm³/mol. The third-order valence-corrected chi connectivity index (χ3v) is 3.37. The molecule has 0 spiro atoms. The van der Waals surface area contributed by atoms with Gasteiger partial charge < -0.3 is 14.8 Å². The van der Waals surface area contributed by atoms with E-state index in [4.69, 9.17) is 9.47 Å². The first-order valence-corrected chi connectivity index (χ1v) is 8.20. The van der Waals surface area contributed by atoms with Crippen LogP contribution in [-0.4, -0.2) is 30.4 Å². The lowest BCUT2D eigenvalue weighted by atomic mass is 10.1. The molecule has 2 rings (SSSR count). The first-order valence-electron chi connectivity index (χ1n) is 8.20. The van der Waals surface area contributed by atoms with Crippen LogP contribution in [-0.2, 0) is 9.53 Å². The highest BCUT2D eigenvalue weighted by atomic mass is 16.5. The Morgan fingerprint density at radius 1 is 1.00 bits per heavy atom. The van der Waals surface area contributed by atoms with E-state index in [0.29, 0.717) is 22.6 Å². The zero-order valence-corrected chi connectivity index (χ0v) is 14.9. The molecule has 0 aliphatic rings. The summed E-state index contributed by atoms with van der Waals surface area (Å²) < 4.78 is 10.5. The standard InChI is InChI=1S/C20H21NO5/c1-13(2)26-20(24)15-8-10-16(11-9-15)21-19(23)12-25-18-7-5-4-6-17(18)14(3)22/h4-11,13H,12H2,1-3H3,(H,21,23). The lowest BCUT2D eigenvalue weighted by Crippen LogP contribution is -2.20. The molecule has 0 atom stereocenters. The van der Waals surface area contributed by atoms with Gasteiger partial charge in [-0.3, -0.25) is 9.59 Å². The Labute approximate surface area is 152 Å². The summed E-state index contributed by atoms with van der Waals surface area (Å²) in [6.07, 6.45) is -0.197. The topological polar surface area (TPSA) is 81.7 Å². The number of ketones is 1. The minimum absolute atomic E-state index is 0.134. The number of Topliss-reactive ketones (excluding diaryl/α,β-unsaturated/α-hetero) is 1. The van der Waals surface area contributed by atoms with Gasteiger partial charge in [0, 0.05) is 5.69 Å². The Kier molecular flexibility index (Phi) is 6.49. The number of para-hydroxylation sites is 1. The molecule has 0 aliphatic heterocycles. The van der Waals surface area contributed by atoms with Crippen LogP contribution >= 0.6 is 0 Å². The molecule has 1 amide bonds. The molecule has 6 nitrogen and oxygen atoms in total. The van der Waals surface area contributed by atoms with E-state index >= 15 is 0 Å². The highest BCUT2D eigenvalue weighted by Gasteiger charge is 2.11. The van der Waals surface area contributed by atoms with Crippen LogP contribution < -0.4 is 10.1 Å². The first kappa shape index (κ1) is 19.2. The van der Waals surface area contributed by atoms with Crippen LogP contribution in [0.5, 0.6) is 5.75 Å². The first-order chi connectivity index (χ1) is 12.4. The molecular weight excluding hydrogens is 334 g/mol. The van der Waals surface area contributed by atoms with E-state index in [1.54, 1.807) is 62.4 Å². The summed E-state index contributed by atoms with van der Waals surface area (Å²) in [6.45, 7) is 4.75. The molecule has 0 fully saturated rings. The lowest BCUT2D eigenvalue weighted by Gasteiger charge is -2.11. The van der Waals surface area contributed by atoms with Gasteiger partial charge in [-0.05, 0) is 57.2 Å². The van der Waals surface area contributed by atoms with Gasteiger partial charge in [0.05, 0.1) is 17.2 Å². The van der Waals surface area contributed by atoms with E-state index < -0.39 is 5.97 Å². The Balaban J connectivity index is 1.92. The number of anilines is 1. The monoisotopic (exact) mass is 355 g/mol. The zero-order valence-electron chi connectivity index (χ0n) is 14.9. The molecule has 136 valence electrons. The van der Waals surface area contributed by atoms with Gasteiger partial charge in [0.25, 0.3) is 5.91 Å². The van der Waals surface area contributed by atoms with Crippen LogP contribution in [0.2, 0.25) is 0 Å². The fourth-order valence-corrected chi connectivity index (χ4v) is 2.20. The zero-order chi connectivity index (χ0) is 19.1. The van der Waals surface area contributed by atoms with Crippen LogP contribution in [0.3, 0.4) is 0 Å². The Morgan fingerprint density at radius 2 is 1.65 bits per heavy atom. The van der Waals surface area contributed by atoms with Crippen molar-refractivity contribution >= 4 is 23.3 Å². The number of benzene rings is 2.